The van der Waals surface area contributed by atoms with Crippen LogP contribution in [0.1, 0.15) is 28.6 Å². The van der Waals surface area contributed by atoms with Gasteiger partial charge in [-0.2, -0.15) is 10.5 Å². The Morgan fingerprint density at radius 1 is 0.591 bits per heavy atom. The van der Waals surface area contributed by atoms with Gasteiger partial charge in [0.2, 0.25) is 23.2 Å². The van der Waals surface area contributed by atoms with E-state index in [1.807, 2.05) is 117 Å². The fourth-order valence-corrected chi connectivity index (χ4v) is 9.04. The van der Waals surface area contributed by atoms with Crippen LogP contribution in [-0.4, -0.2) is 43.2 Å². The van der Waals surface area contributed by atoms with Crippen LogP contribution in [0.5, 0.6) is 0 Å². The first-order valence-corrected chi connectivity index (χ1v) is 21.5. The van der Waals surface area contributed by atoms with E-state index in [2.05, 4.69) is 86.5 Å². The number of nitrogens with zero attached hydrogens (tertiary/aromatic N) is 8. The van der Waals surface area contributed by atoms with Gasteiger partial charge >= 0.3 is 6.85 Å². The lowest BCUT2D eigenvalue weighted by Crippen LogP contribution is -2.53. The molecule has 0 bridgehead atoms. The van der Waals surface area contributed by atoms with Gasteiger partial charge in [0, 0.05) is 46.5 Å². The topological polar surface area (TPSA) is 135 Å². The second kappa shape index (κ2) is 16.9. The van der Waals surface area contributed by atoms with E-state index in [-0.39, 0.29) is 22.9 Å². The molecule has 10 nitrogen and oxygen atoms in total. The normalized spacial score (nSPS) is 12.2. The minimum atomic E-state index is -0.515. The molecule has 11 aromatic rings. The molecule has 11 rings (SSSR count). The number of hydrogen-bond acceptors (Lipinski definition) is 8. The van der Waals surface area contributed by atoms with Crippen molar-refractivity contribution >= 4 is 75.0 Å². The second-order valence-corrected chi connectivity index (χ2v) is 15.9. The Kier molecular flexibility index (Phi) is 10.2. The lowest BCUT2D eigenvalue weighted by atomic mass is 9.50. The number of nitriles is 2. The highest BCUT2D eigenvalue weighted by atomic mass is 16.4. The predicted molar refractivity (Wildman–Crippen MR) is 259 cm³/mol. The van der Waals surface area contributed by atoms with E-state index in [0.29, 0.717) is 45.0 Å². The number of fused-ring (bicyclic) bond motifs is 3. The quantitative estimate of drug-likeness (QED) is 0.135. The Morgan fingerprint density at radius 3 is 1.65 bits per heavy atom. The van der Waals surface area contributed by atoms with Crippen molar-refractivity contribution in [3.63, 3.8) is 0 Å². The molecule has 1 radical (unpaired) electrons. The van der Waals surface area contributed by atoms with E-state index in [1.54, 1.807) is 24.5 Å². The smallest absolute Gasteiger partial charge is 0.328 e. The van der Waals surface area contributed by atoms with Crippen molar-refractivity contribution in [3.8, 4) is 23.4 Å². The molecule has 0 atom stereocenters. The molecule has 0 aliphatic rings. The summed E-state index contributed by atoms with van der Waals surface area (Å²) in [6.45, 7) is 1.57. The molecule has 0 aliphatic heterocycles. The number of hydrogen-bond donors (Lipinski definition) is 0. The third-order valence-corrected chi connectivity index (χ3v) is 11.9. The average Bonchev–Trinajstić information content (AvgIpc) is 4.14. The Hall–Kier alpha value is -8.99. The van der Waals surface area contributed by atoms with Gasteiger partial charge < -0.3 is 17.8 Å². The SMILES string of the molecule is Cc1ccccc1-c1c2/c(=C(\C#N)c3nc4cccnc4o3)n([B]c3ccccc3)c(Cc3ccccc3)c2/c(=C(\C#N)c2nc3cccnc3o2)n1B(c1ccccc1)c1ccccc1. The van der Waals surface area contributed by atoms with Gasteiger partial charge in [-0.25, -0.2) is 19.9 Å². The summed E-state index contributed by atoms with van der Waals surface area (Å²) in [5, 5.41) is 26.0. The zero-order valence-corrected chi connectivity index (χ0v) is 35.6. The van der Waals surface area contributed by atoms with Gasteiger partial charge in [0.15, 0.2) is 0 Å². The molecule has 12 heteroatoms. The van der Waals surface area contributed by atoms with Crippen LogP contribution in [0, 0.1) is 29.6 Å². The summed E-state index contributed by atoms with van der Waals surface area (Å²) in [7, 11) is 2.04. The van der Waals surface area contributed by atoms with Crippen LogP contribution in [0.3, 0.4) is 0 Å². The number of benzene rings is 5. The van der Waals surface area contributed by atoms with E-state index in [9.17, 15) is 10.5 Å². The van der Waals surface area contributed by atoms with Crippen molar-refractivity contribution in [3.05, 3.63) is 222 Å². The molecule has 0 amide bonds. The fraction of sp³-hybridized carbons (Fsp3) is 0.0370. The maximum Gasteiger partial charge on any atom is 0.328 e. The predicted octanol–water partition coefficient (Wildman–Crippen LogP) is 6.97. The first kappa shape index (κ1) is 39.8. The van der Waals surface area contributed by atoms with E-state index in [0.717, 1.165) is 49.9 Å². The van der Waals surface area contributed by atoms with E-state index < -0.39 is 6.85 Å². The van der Waals surface area contributed by atoms with Crippen LogP contribution >= 0.6 is 0 Å². The molecule has 6 aromatic heterocycles. The van der Waals surface area contributed by atoms with E-state index >= 15 is 0 Å². The number of aromatic nitrogens is 6. The molecule has 309 valence electrons. The molecule has 0 N–H and O–H groups in total. The van der Waals surface area contributed by atoms with Gasteiger partial charge in [-0.15, -0.1) is 0 Å². The van der Waals surface area contributed by atoms with Gasteiger partial charge in [-0.05, 0) is 42.3 Å². The van der Waals surface area contributed by atoms with E-state index in [1.165, 1.54) is 0 Å². The molecular weight excluding hydrogens is 814 g/mol. The fourth-order valence-electron chi connectivity index (χ4n) is 9.04. The molecule has 6 heterocycles. The Morgan fingerprint density at radius 2 is 1.11 bits per heavy atom. The minimum absolute atomic E-state index is 0.113. The van der Waals surface area contributed by atoms with Crippen molar-refractivity contribution in [2.24, 2.45) is 0 Å². The minimum Gasteiger partial charge on any atom is -0.417 e. The van der Waals surface area contributed by atoms with Crippen molar-refractivity contribution in [2.75, 3.05) is 0 Å². The largest absolute Gasteiger partial charge is 0.417 e. The summed E-state index contributed by atoms with van der Waals surface area (Å²) in [5.41, 5.74) is 9.31. The van der Waals surface area contributed by atoms with Gasteiger partial charge in [-0.1, -0.05) is 162 Å². The van der Waals surface area contributed by atoms with Gasteiger partial charge in [0.25, 0.3) is 7.41 Å². The van der Waals surface area contributed by atoms with Crippen molar-refractivity contribution < 1.29 is 8.83 Å². The van der Waals surface area contributed by atoms with Crippen molar-refractivity contribution in [1.29, 1.82) is 10.5 Å². The highest BCUT2D eigenvalue weighted by molar-refractivity contribution is 6.84. The standard InChI is InChI=1S/C54H35B2N8O2/c1-35-18-14-15-27-40(35)49-47-46(50(42(34-58)52-62-44-29-17-31-60-54(44)66-52)64(49)56(38-23-10-4-11-24-38)39-25-12-5-13-26-39)45(32-36-19-6-2-7-20-36)63(55-37-21-8-3-9-22-37)48(47)41(33-57)51-61-43-28-16-30-59-53(43)65-51/h2-31H,32H2,1H3/b48-41-,50-42-. The van der Waals surface area contributed by atoms with Crippen LogP contribution in [0.15, 0.2) is 191 Å². The molecular formula is C54H35B2N8O2. The summed E-state index contributed by atoms with van der Waals surface area (Å²) >= 11 is 0. The summed E-state index contributed by atoms with van der Waals surface area (Å²) < 4.78 is 17.2. The summed E-state index contributed by atoms with van der Waals surface area (Å²) in [6.07, 6.45) is 3.68. The zero-order chi connectivity index (χ0) is 44.6. The number of pyridine rings is 2. The van der Waals surface area contributed by atoms with Crippen LogP contribution in [0.25, 0.3) is 55.6 Å². The molecule has 0 saturated heterocycles. The van der Waals surface area contributed by atoms with Gasteiger partial charge in [0.1, 0.15) is 34.3 Å². The molecule has 5 aromatic carbocycles. The second-order valence-electron chi connectivity index (χ2n) is 15.9. The highest BCUT2D eigenvalue weighted by Gasteiger charge is 2.35. The third-order valence-electron chi connectivity index (χ3n) is 11.9. The maximum atomic E-state index is 11.8. The number of aryl methyl sites for hydroxylation is 1. The molecule has 0 fully saturated rings. The molecule has 0 aliphatic carbocycles. The van der Waals surface area contributed by atoms with Crippen molar-refractivity contribution in [1.82, 2.24) is 28.9 Å². The Balaban J connectivity index is 1.47. The van der Waals surface area contributed by atoms with Crippen LogP contribution < -0.4 is 27.1 Å². The van der Waals surface area contributed by atoms with Crippen LogP contribution in [0.4, 0.5) is 0 Å². The monoisotopic (exact) mass is 849 g/mol. The average molecular weight is 850 g/mol. The Labute approximate surface area is 380 Å². The summed E-state index contributed by atoms with van der Waals surface area (Å²) in [6, 6.07) is 61.4. The van der Waals surface area contributed by atoms with Gasteiger partial charge in [0.05, 0.1) is 10.7 Å². The maximum absolute atomic E-state index is 11.8. The van der Waals surface area contributed by atoms with Crippen LogP contribution in [-0.2, 0) is 6.42 Å². The summed E-state index contributed by atoms with van der Waals surface area (Å²) in [4.78, 5) is 18.8. The molecule has 66 heavy (non-hydrogen) atoms. The number of rotatable bonds is 10. The first-order valence-electron chi connectivity index (χ1n) is 21.5. The highest BCUT2D eigenvalue weighted by Crippen LogP contribution is 2.34. The lowest BCUT2D eigenvalue weighted by molar-refractivity contribution is 0.574. The molecule has 0 unspecified atom stereocenters. The zero-order valence-electron chi connectivity index (χ0n) is 35.6. The molecule has 0 saturated carbocycles. The lowest BCUT2D eigenvalue weighted by Gasteiger charge is -2.23. The van der Waals surface area contributed by atoms with Crippen LogP contribution in [0.2, 0.25) is 0 Å². The van der Waals surface area contributed by atoms with Crippen molar-refractivity contribution in [2.45, 2.75) is 13.3 Å². The molecule has 0 spiro atoms. The number of oxazole rings is 2. The summed E-state index contributed by atoms with van der Waals surface area (Å²) in [5.74, 6) is 0.228. The first-order chi connectivity index (χ1) is 32.6. The van der Waals surface area contributed by atoms with E-state index in [4.69, 9.17) is 18.8 Å². The van der Waals surface area contributed by atoms with Gasteiger partial charge in [-0.3, -0.25) is 0 Å². The third kappa shape index (κ3) is 6.94. The Bertz CT molecular complexity index is 3710.